The molecule has 0 aromatic heterocycles. The van der Waals surface area contributed by atoms with Crippen molar-refractivity contribution in [1.29, 1.82) is 0 Å². The van der Waals surface area contributed by atoms with Crippen LogP contribution in [0.2, 0.25) is 0 Å². The molecule has 2 saturated carbocycles. The standard InChI is InChI=1S/C29H37.C13H10.C10H15.2ClH.Ti/c1-21-14-13-15-22-20-27(6)25(4)18-10-9-16-23(25,2)24(3)17-11-12-19-26(24,5)29(27,8)28(21,22)7;1-3-7-12(8-4-1)11-13-9-5-2-6-10-13;1-8-5-6-9(7-8)10(2,3)4;;;/h9-20,22H,1-8H3;1-10H;6-8H,1-4H3;2*1H;/q-1;;-1;;;+2/p-2. The summed E-state index contributed by atoms with van der Waals surface area (Å²) in [5.41, 5.74) is 6.03. The molecular formula is C52H62Cl2Ti-2. The molecule has 0 heterocycles. The summed E-state index contributed by atoms with van der Waals surface area (Å²) in [6.45, 7) is 29.2. The van der Waals surface area contributed by atoms with Crippen LogP contribution in [0.3, 0.4) is 0 Å². The summed E-state index contributed by atoms with van der Waals surface area (Å²) in [6.07, 6.45) is 36.9. The van der Waals surface area contributed by atoms with Crippen molar-refractivity contribution < 1.29 is 44.8 Å². The summed E-state index contributed by atoms with van der Waals surface area (Å²) in [7, 11) is 0. The van der Waals surface area contributed by atoms with E-state index in [1.54, 1.807) is 0 Å². The van der Waals surface area contributed by atoms with Gasteiger partial charge in [-0.2, -0.15) is 11.6 Å². The second-order valence-electron chi connectivity index (χ2n) is 18.8. The van der Waals surface area contributed by atoms with Crippen LogP contribution in [0.4, 0.5) is 0 Å². The van der Waals surface area contributed by atoms with E-state index in [-0.39, 0.29) is 62.7 Å². The summed E-state index contributed by atoms with van der Waals surface area (Å²) in [5.74, 6) is 0.982. The predicted molar refractivity (Wildman–Crippen MR) is 225 cm³/mol. The molecule has 3 heteroatoms. The molecule has 6 aliphatic rings. The van der Waals surface area contributed by atoms with Gasteiger partial charge in [0.1, 0.15) is 0 Å². The molecule has 55 heavy (non-hydrogen) atoms. The zero-order chi connectivity index (χ0) is 38.7. The van der Waals surface area contributed by atoms with Gasteiger partial charge in [0.25, 0.3) is 0 Å². The van der Waals surface area contributed by atoms with Crippen LogP contribution in [0.1, 0.15) is 94.2 Å². The molecule has 6 aliphatic carbocycles. The van der Waals surface area contributed by atoms with E-state index in [0.717, 1.165) is 0 Å². The van der Waals surface area contributed by atoms with Crippen LogP contribution in [0.25, 0.3) is 0 Å². The first-order valence-electron chi connectivity index (χ1n) is 19.7. The van der Waals surface area contributed by atoms with Crippen molar-refractivity contribution in [3.8, 4) is 0 Å². The summed E-state index contributed by atoms with van der Waals surface area (Å²) in [4.78, 5) is 0. The molecule has 9 atom stereocenters. The molecule has 290 valence electrons. The van der Waals surface area contributed by atoms with E-state index in [9.17, 15) is 0 Å². The van der Waals surface area contributed by atoms with Crippen molar-refractivity contribution >= 4 is 3.81 Å². The van der Waals surface area contributed by atoms with Crippen molar-refractivity contribution in [2.75, 3.05) is 0 Å². The zero-order valence-corrected chi connectivity index (χ0v) is 38.3. The molecule has 2 fully saturated rings. The van der Waals surface area contributed by atoms with E-state index in [0.29, 0.717) is 17.3 Å². The Kier molecular flexibility index (Phi) is 12.9. The molecule has 0 spiro atoms. The van der Waals surface area contributed by atoms with E-state index >= 15 is 0 Å². The molecule has 0 saturated heterocycles. The van der Waals surface area contributed by atoms with E-state index < -0.39 is 0 Å². The molecule has 0 bridgehead atoms. The third-order valence-corrected chi connectivity index (χ3v) is 16.9. The number of hydrogen-bond acceptors (Lipinski definition) is 0. The Hall–Kier alpha value is -2.48. The second kappa shape index (κ2) is 15.7. The molecule has 0 radical (unpaired) electrons. The number of hydrogen-bond donors (Lipinski definition) is 0. The average molecular weight is 806 g/mol. The van der Waals surface area contributed by atoms with Crippen LogP contribution >= 0.6 is 0 Å². The number of benzene rings is 2. The molecule has 2 aromatic rings. The normalized spacial score (nSPS) is 38.2. The van der Waals surface area contributed by atoms with Gasteiger partial charge in [0.2, 0.25) is 0 Å². The summed E-state index contributed by atoms with van der Waals surface area (Å²) in [5, 5.41) is 0. The number of halogens is 2. The van der Waals surface area contributed by atoms with E-state index in [2.05, 4.69) is 243 Å². The number of allylic oxidation sites excluding steroid dienone is 16. The van der Waals surface area contributed by atoms with E-state index in [4.69, 9.17) is 0 Å². The minimum atomic E-state index is 0. The molecule has 2 aromatic carbocycles. The number of fused-ring (bicyclic) bond motifs is 8. The predicted octanol–water partition coefficient (Wildman–Crippen LogP) is 7.42. The third kappa shape index (κ3) is 6.40. The van der Waals surface area contributed by atoms with Crippen LogP contribution < -0.4 is 24.8 Å². The van der Waals surface area contributed by atoms with Gasteiger partial charge in [-0.3, -0.25) is 6.08 Å². The van der Waals surface area contributed by atoms with Crippen molar-refractivity contribution in [1.82, 2.24) is 0 Å². The summed E-state index contributed by atoms with van der Waals surface area (Å²) >= 11 is 2.16. The SMILES string of the molecule is CC1=CC=CC2[CH-]C3(C)C4(C)C=CC=CC4(C)C4(C)C=CC=CC4(C)C3(C)C12C.CC1[C-]=CC(C(C)(C)C)=C1.[Cl-].[Cl-].[Ti+2]=[C](c1ccccc1)c1ccccc1. The van der Waals surface area contributed by atoms with Gasteiger partial charge in [-0.15, -0.1) is 17.4 Å². The van der Waals surface area contributed by atoms with Crippen LogP contribution in [-0.4, -0.2) is 3.81 Å². The molecule has 9 unspecified atom stereocenters. The van der Waals surface area contributed by atoms with Crippen molar-refractivity contribution in [3.05, 3.63) is 174 Å². The Morgan fingerprint density at radius 2 is 1.13 bits per heavy atom. The van der Waals surface area contributed by atoms with Crippen molar-refractivity contribution in [2.45, 2.75) is 83.1 Å². The fraction of sp³-hybridized carbons (Fsp3) is 0.423. The Labute approximate surface area is 359 Å². The van der Waals surface area contributed by atoms with Crippen molar-refractivity contribution in [2.24, 2.45) is 55.2 Å². The van der Waals surface area contributed by atoms with E-state index in [1.807, 2.05) is 12.1 Å². The van der Waals surface area contributed by atoms with E-state index in [1.165, 1.54) is 26.1 Å². The monoisotopic (exact) mass is 804 g/mol. The maximum absolute atomic E-state index is 3.26. The van der Waals surface area contributed by atoms with Crippen LogP contribution in [-0.2, 0) is 20.0 Å². The Balaban J connectivity index is 0.000000215. The maximum atomic E-state index is 3.26. The zero-order valence-electron chi connectivity index (χ0n) is 35.3. The minimum absolute atomic E-state index is 0. The van der Waals surface area contributed by atoms with Gasteiger partial charge < -0.3 is 31.2 Å². The molecule has 0 aliphatic heterocycles. The quantitative estimate of drug-likeness (QED) is 0.219. The van der Waals surface area contributed by atoms with Gasteiger partial charge in [-0.1, -0.05) is 154 Å². The molecular weight excluding hydrogens is 743 g/mol. The number of rotatable bonds is 2. The molecule has 0 amide bonds. The first kappa shape index (κ1) is 45.2. The molecule has 0 N–H and O–H groups in total. The topological polar surface area (TPSA) is 0 Å². The van der Waals surface area contributed by atoms with Crippen molar-refractivity contribution in [3.63, 3.8) is 0 Å². The summed E-state index contributed by atoms with van der Waals surface area (Å²) < 4.78 is 1.33. The van der Waals surface area contributed by atoms with Gasteiger partial charge in [-0.05, 0) is 28.6 Å². The van der Waals surface area contributed by atoms with Crippen LogP contribution in [0, 0.1) is 67.7 Å². The average Bonchev–Trinajstić information content (AvgIpc) is 3.67. The first-order chi connectivity index (χ1) is 24.8. The Morgan fingerprint density at radius 1 is 0.673 bits per heavy atom. The third-order valence-electron chi connectivity index (χ3n) is 16.0. The molecule has 8 rings (SSSR count). The van der Waals surface area contributed by atoms with Crippen LogP contribution in [0.5, 0.6) is 0 Å². The van der Waals surface area contributed by atoms with Gasteiger partial charge in [-0.25, -0.2) is 6.08 Å². The second-order valence-corrected chi connectivity index (χ2v) is 19.6. The summed E-state index contributed by atoms with van der Waals surface area (Å²) in [6, 6.07) is 20.9. The van der Waals surface area contributed by atoms with Gasteiger partial charge >= 0.3 is 95.6 Å². The molecule has 0 nitrogen and oxygen atoms in total. The first-order valence-corrected chi connectivity index (χ1v) is 20.5. The Morgan fingerprint density at radius 3 is 1.56 bits per heavy atom. The fourth-order valence-corrected chi connectivity index (χ4v) is 12.2. The Bertz CT molecular complexity index is 1940. The fourth-order valence-electron chi connectivity index (χ4n) is 11.7. The van der Waals surface area contributed by atoms with Gasteiger partial charge in [0.05, 0.1) is 0 Å². The van der Waals surface area contributed by atoms with Crippen LogP contribution in [0.15, 0.2) is 151 Å². The van der Waals surface area contributed by atoms with Gasteiger partial charge in [0, 0.05) is 10.8 Å². The van der Waals surface area contributed by atoms with Gasteiger partial charge in [0.15, 0.2) is 0 Å².